The van der Waals surface area contributed by atoms with Crippen molar-refractivity contribution in [2.24, 2.45) is 0 Å². The molecule has 0 amide bonds. The predicted molar refractivity (Wildman–Crippen MR) is 50.6 cm³/mol. The Morgan fingerprint density at radius 1 is 1.20 bits per heavy atom. The molecule has 0 aliphatic carbocycles. The van der Waals surface area contributed by atoms with Gasteiger partial charge in [-0.05, 0) is 0 Å². The molecule has 1 rings (SSSR count). The number of benzene rings is 1. The average molecular weight is 219 g/mol. The van der Waals surface area contributed by atoms with Crippen LogP contribution in [0.15, 0.2) is 30.3 Å². The summed E-state index contributed by atoms with van der Waals surface area (Å²) in [5, 5.41) is 0. The first-order chi connectivity index (χ1) is 4.30. The van der Waals surface area contributed by atoms with Gasteiger partial charge in [-0.2, -0.15) is 0 Å². The standard InChI is InChI=1S/C8H11As.ClH/c1-7(9)8-5-3-2-4-6-8;/h2-7H,9H2,1H3;1H. The molecule has 0 bridgehead atoms. The molecule has 0 N–H and O–H groups in total. The van der Waals surface area contributed by atoms with Crippen LogP contribution in [0, 0.1) is 0 Å². The van der Waals surface area contributed by atoms with E-state index in [2.05, 4.69) is 37.3 Å². The van der Waals surface area contributed by atoms with E-state index in [0.717, 1.165) is 4.71 Å². The molecule has 2 atom stereocenters. The number of rotatable bonds is 1. The average Bonchev–Trinajstić information content (AvgIpc) is 1.90. The molecule has 0 radical (unpaired) electrons. The minimum Gasteiger partial charge on any atom is -0.147 e. The van der Waals surface area contributed by atoms with Crippen LogP contribution in [0.5, 0.6) is 0 Å². The SMILES string of the molecule is CC([AsH2])c1ccccc1.Cl. The summed E-state index contributed by atoms with van der Waals surface area (Å²) in [7, 11) is 0. The summed E-state index contributed by atoms with van der Waals surface area (Å²) < 4.78 is 0.721. The molecule has 10 heavy (non-hydrogen) atoms. The van der Waals surface area contributed by atoms with Crippen LogP contribution in [0.1, 0.15) is 17.2 Å². The summed E-state index contributed by atoms with van der Waals surface area (Å²) in [4.78, 5) is 0. The Labute approximate surface area is 76.9 Å². The quantitative estimate of drug-likeness (QED) is 0.631. The van der Waals surface area contributed by atoms with Gasteiger partial charge in [-0.15, -0.1) is 12.4 Å². The van der Waals surface area contributed by atoms with E-state index in [-0.39, 0.29) is 12.4 Å². The Balaban J connectivity index is 0.000000810. The van der Waals surface area contributed by atoms with Crippen molar-refractivity contribution in [2.45, 2.75) is 11.6 Å². The molecule has 0 aliphatic rings. The molecular weight excluding hydrogens is 206 g/mol. The number of hydrogen-bond donors (Lipinski definition) is 0. The van der Waals surface area contributed by atoms with E-state index in [0.29, 0.717) is 0 Å². The van der Waals surface area contributed by atoms with Crippen LogP contribution in [0.3, 0.4) is 0 Å². The zero-order chi connectivity index (χ0) is 6.69. The second-order valence-electron chi connectivity index (χ2n) is 2.20. The molecule has 56 valence electrons. The smallest absolute Gasteiger partial charge is 0.147 e. The van der Waals surface area contributed by atoms with Crippen molar-refractivity contribution in [2.75, 3.05) is 0 Å². The Morgan fingerprint density at radius 2 is 1.70 bits per heavy atom. The van der Waals surface area contributed by atoms with Gasteiger partial charge in [0, 0.05) is 0 Å². The second-order valence-corrected chi connectivity index (χ2v) is 4.30. The van der Waals surface area contributed by atoms with Gasteiger partial charge in [-0.3, -0.25) is 0 Å². The van der Waals surface area contributed by atoms with Gasteiger partial charge in [0.1, 0.15) is 0 Å². The first kappa shape index (κ1) is 10.1. The van der Waals surface area contributed by atoms with E-state index in [1.54, 1.807) is 16.9 Å². The molecule has 1 aromatic carbocycles. The van der Waals surface area contributed by atoms with E-state index in [1.807, 2.05) is 0 Å². The third kappa shape index (κ3) is 2.77. The molecule has 0 saturated heterocycles. The van der Waals surface area contributed by atoms with Crippen molar-refractivity contribution in [1.29, 1.82) is 0 Å². The Kier molecular flexibility index (Phi) is 4.85. The van der Waals surface area contributed by atoms with Crippen LogP contribution >= 0.6 is 12.4 Å². The topological polar surface area (TPSA) is 0 Å². The van der Waals surface area contributed by atoms with Crippen LogP contribution in [0.2, 0.25) is 0 Å². The van der Waals surface area contributed by atoms with Crippen LogP contribution in [0.25, 0.3) is 0 Å². The molecule has 1 aromatic rings. The van der Waals surface area contributed by atoms with Gasteiger partial charge in [-0.25, -0.2) is 0 Å². The van der Waals surface area contributed by atoms with Crippen LogP contribution < -0.4 is 0 Å². The summed E-state index contributed by atoms with van der Waals surface area (Å²) in [6.45, 7) is 2.23. The van der Waals surface area contributed by atoms with Crippen molar-refractivity contribution in [1.82, 2.24) is 0 Å². The van der Waals surface area contributed by atoms with E-state index in [4.69, 9.17) is 0 Å². The molecule has 0 saturated carbocycles. The van der Waals surface area contributed by atoms with Crippen molar-refractivity contribution < 1.29 is 0 Å². The summed E-state index contributed by atoms with van der Waals surface area (Å²) in [6, 6.07) is 10.6. The molecule has 0 aliphatic heterocycles. The summed E-state index contributed by atoms with van der Waals surface area (Å²) in [5.74, 6) is 0. The number of hydrogen-bond acceptors (Lipinski definition) is 0. The van der Waals surface area contributed by atoms with E-state index < -0.39 is 0 Å². The minimum atomic E-state index is 0. The third-order valence-corrected chi connectivity index (χ3v) is 2.13. The van der Waals surface area contributed by atoms with Gasteiger partial charge < -0.3 is 0 Å². The maximum Gasteiger partial charge on any atom is -0.147 e. The fourth-order valence-corrected chi connectivity index (χ4v) is 1.22. The van der Waals surface area contributed by atoms with Crippen molar-refractivity contribution in [3.05, 3.63) is 35.9 Å². The van der Waals surface area contributed by atoms with E-state index in [9.17, 15) is 0 Å². The normalized spacial score (nSPS) is 11.8. The van der Waals surface area contributed by atoms with E-state index >= 15 is 0 Å². The molecule has 0 nitrogen and oxygen atoms in total. The fourth-order valence-electron chi connectivity index (χ4n) is 0.757. The summed E-state index contributed by atoms with van der Waals surface area (Å²) in [6.07, 6.45) is 0. The first-order valence-corrected chi connectivity index (χ1v) is 4.51. The van der Waals surface area contributed by atoms with Gasteiger partial charge in [0.15, 0.2) is 0 Å². The number of halogens is 1. The van der Waals surface area contributed by atoms with Crippen LogP contribution in [-0.2, 0) is 0 Å². The van der Waals surface area contributed by atoms with Crippen molar-refractivity contribution >= 4 is 29.3 Å². The summed E-state index contributed by atoms with van der Waals surface area (Å²) >= 11 is 1.78. The second kappa shape index (κ2) is 4.82. The molecule has 0 spiro atoms. The van der Waals surface area contributed by atoms with Gasteiger partial charge in [0.25, 0.3) is 0 Å². The van der Waals surface area contributed by atoms with Gasteiger partial charge in [0.05, 0.1) is 0 Å². The maximum absolute atomic E-state index is 2.23. The molecule has 0 fully saturated rings. The Bertz CT molecular complexity index is 172. The van der Waals surface area contributed by atoms with Crippen LogP contribution in [0.4, 0.5) is 0 Å². The molecular formula is C8H12AsCl. The molecule has 2 heteroatoms. The minimum absolute atomic E-state index is 0. The Morgan fingerprint density at radius 3 is 2.00 bits per heavy atom. The third-order valence-electron chi connectivity index (χ3n) is 1.33. The van der Waals surface area contributed by atoms with Gasteiger partial charge >= 0.3 is 64.4 Å². The van der Waals surface area contributed by atoms with Gasteiger partial charge in [0.2, 0.25) is 0 Å². The monoisotopic (exact) mass is 218 g/mol. The van der Waals surface area contributed by atoms with Crippen molar-refractivity contribution in [3.8, 4) is 0 Å². The zero-order valence-electron chi connectivity index (χ0n) is 5.95. The molecule has 0 heterocycles. The molecule has 2 unspecified atom stereocenters. The van der Waals surface area contributed by atoms with Gasteiger partial charge in [-0.1, -0.05) is 0 Å². The van der Waals surface area contributed by atoms with Crippen molar-refractivity contribution in [3.63, 3.8) is 0 Å². The largest absolute Gasteiger partial charge is 0.147 e. The van der Waals surface area contributed by atoms with Crippen LogP contribution in [-0.4, -0.2) is 16.9 Å². The molecule has 0 aromatic heterocycles. The fraction of sp³-hybridized carbons (Fsp3) is 0.250. The predicted octanol–water partition coefficient (Wildman–Crippen LogP) is 1.80. The zero-order valence-corrected chi connectivity index (χ0v) is 9.19. The maximum atomic E-state index is 2.23. The Hall–Kier alpha value is 0.0684. The first-order valence-electron chi connectivity index (χ1n) is 3.11. The van der Waals surface area contributed by atoms with E-state index in [1.165, 1.54) is 5.56 Å². The summed E-state index contributed by atoms with van der Waals surface area (Å²) in [5.41, 5.74) is 1.44.